The van der Waals surface area contributed by atoms with E-state index in [-0.39, 0.29) is 5.41 Å². The molecule has 2 aromatic rings. The van der Waals surface area contributed by atoms with Gasteiger partial charge in [-0.3, -0.25) is 0 Å². The lowest BCUT2D eigenvalue weighted by molar-refractivity contribution is 0.0694. The van der Waals surface area contributed by atoms with Crippen LogP contribution in [0, 0.1) is 0 Å². The van der Waals surface area contributed by atoms with E-state index < -0.39 is 5.97 Å². The van der Waals surface area contributed by atoms with E-state index in [0.29, 0.717) is 23.7 Å². The second-order valence-electron chi connectivity index (χ2n) is 6.18. The van der Waals surface area contributed by atoms with E-state index in [9.17, 15) is 9.90 Å². The van der Waals surface area contributed by atoms with Crippen LogP contribution in [0.15, 0.2) is 12.3 Å². The number of hydrogen-bond donors (Lipinski definition) is 3. The minimum Gasteiger partial charge on any atom is -0.478 e. The molecule has 4 N–H and O–H groups in total. The van der Waals surface area contributed by atoms with Gasteiger partial charge in [0.1, 0.15) is 5.15 Å². The Hall–Kier alpha value is -1.85. The number of pyridine rings is 1. The Balaban J connectivity index is 1.97. The third-order valence-electron chi connectivity index (χ3n) is 4.96. The number of carboxylic acids is 1. The topological polar surface area (TPSA) is 92.0 Å². The van der Waals surface area contributed by atoms with Crippen LogP contribution >= 0.6 is 11.6 Å². The minimum absolute atomic E-state index is 0.192. The number of nitrogens with one attached hydrogen (secondary N) is 1. The van der Waals surface area contributed by atoms with Crippen LogP contribution in [0.2, 0.25) is 5.15 Å². The van der Waals surface area contributed by atoms with Crippen molar-refractivity contribution < 1.29 is 9.90 Å². The molecule has 1 saturated carbocycles. The molecule has 6 heteroatoms. The zero-order chi connectivity index (χ0) is 15.5. The van der Waals surface area contributed by atoms with Gasteiger partial charge in [-0.2, -0.15) is 0 Å². The highest BCUT2D eigenvalue weighted by atomic mass is 35.5. The van der Waals surface area contributed by atoms with Gasteiger partial charge in [0, 0.05) is 29.4 Å². The Morgan fingerprint density at radius 3 is 2.86 bits per heavy atom. The summed E-state index contributed by atoms with van der Waals surface area (Å²) in [6.45, 7) is 0.469. The highest BCUT2D eigenvalue weighted by molar-refractivity contribution is 6.29. The van der Waals surface area contributed by atoms with Gasteiger partial charge in [0.25, 0.3) is 0 Å². The fourth-order valence-electron chi connectivity index (χ4n) is 3.51. The molecule has 0 unspecified atom stereocenters. The van der Waals surface area contributed by atoms with E-state index in [1.54, 1.807) is 6.20 Å². The maximum atomic E-state index is 11.8. The van der Waals surface area contributed by atoms with E-state index in [0.717, 1.165) is 47.3 Å². The van der Waals surface area contributed by atoms with Gasteiger partial charge in [-0.15, -0.1) is 0 Å². The summed E-state index contributed by atoms with van der Waals surface area (Å²) in [5, 5.41) is 10.1. The molecule has 0 saturated heterocycles. The number of carboxylic acid groups (broad SMARTS) is 1. The van der Waals surface area contributed by atoms with Crippen LogP contribution in [0.25, 0.3) is 11.3 Å². The lowest BCUT2D eigenvalue weighted by atomic mass is 9.88. The molecular formula is C16H16ClN3O2. The van der Waals surface area contributed by atoms with Crippen LogP contribution in [0.4, 0.5) is 0 Å². The summed E-state index contributed by atoms with van der Waals surface area (Å²) >= 11 is 6.02. The quantitative estimate of drug-likeness (QED) is 0.758. The first-order valence-corrected chi connectivity index (χ1v) is 7.77. The summed E-state index contributed by atoms with van der Waals surface area (Å²) in [5.74, 6) is -0.879. The van der Waals surface area contributed by atoms with E-state index >= 15 is 0 Å². The number of halogens is 1. The summed E-state index contributed by atoms with van der Waals surface area (Å²) in [6, 6.07) is 1.81. The third-order valence-corrected chi connectivity index (χ3v) is 5.17. The SMILES string of the molecule is NCC1(c2[nH]c3c(c2C(=O)O)CCc2cnc(Cl)cc2-3)CC1. The first-order valence-electron chi connectivity index (χ1n) is 7.39. The van der Waals surface area contributed by atoms with Crippen molar-refractivity contribution in [2.75, 3.05) is 6.54 Å². The summed E-state index contributed by atoms with van der Waals surface area (Å²) in [6.07, 6.45) is 5.13. The average molecular weight is 318 g/mol. The maximum absolute atomic E-state index is 11.8. The Morgan fingerprint density at radius 1 is 1.45 bits per heavy atom. The molecule has 0 spiro atoms. The van der Waals surface area contributed by atoms with Crippen LogP contribution in [-0.2, 0) is 18.3 Å². The van der Waals surface area contributed by atoms with Crippen LogP contribution in [-0.4, -0.2) is 27.6 Å². The number of nitrogens with two attached hydrogens (primary N) is 1. The van der Waals surface area contributed by atoms with Crippen molar-refractivity contribution >= 4 is 17.6 Å². The molecule has 0 atom stereocenters. The molecule has 0 amide bonds. The Morgan fingerprint density at radius 2 is 2.23 bits per heavy atom. The normalized spacial score (nSPS) is 17.7. The van der Waals surface area contributed by atoms with Crippen LogP contribution < -0.4 is 5.73 Å². The van der Waals surface area contributed by atoms with Crippen LogP contribution in [0.1, 0.15) is 40.0 Å². The number of aromatic nitrogens is 2. The molecule has 22 heavy (non-hydrogen) atoms. The number of carbonyl (C=O) groups is 1. The highest BCUT2D eigenvalue weighted by Gasteiger charge is 2.48. The second kappa shape index (κ2) is 4.57. The molecule has 0 radical (unpaired) electrons. The molecule has 4 rings (SSSR count). The molecular weight excluding hydrogens is 302 g/mol. The number of aromatic amines is 1. The maximum Gasteiger partial charge on any atom is 0.337 e. The zero-order valence-electron chi connectivity index (χ0n) is 11.9. The monoisotopic (exact) mass is 317 g/mol. The van der Waals surface area contributed by atoms with Crippen molar-refractivity contribution in [2.24, 2.45) is 5.73 Å². The first kappa shape index (κ1) is 13.8. The fourth-order valence-corrected chi connectivity index (χ4v) is 3.67. The standard InChI is InChI=1S/C16H16ClN3O2/c17-11-5-10-8(6-19-11)1-2-9-12(15(21)22)14(20-13(9)10)16(7-18)3-4-16/h5-6,20H,1-4,7,18H2,(H,21,22). The minimum atomic E-state index is -0.879. The molecule has 2 aromatic heterocycles. The summed E-state index contributed by atoms with van der Waals surface area (Å²) in [5.41, 5.74) is 10.7. The van der Waals surface area contributed by atoms with Crippen LogP contribution in [0.5, 0.6) is 0 Å². The third kappa shape index (κ3) is 1.82. The number of aromatic carboxylic acids is 1. The van der Waals surface area contributed by atoms with E-state index in [4.69, 9.17) is 17.3 Å². The van der Waals surface area contributed by atoms with E-state index in [1.165, 1.54) is 0 Å². The van der Waals surface area contributed by atoms with Crippen molar-refractivity contribution in [3.05, 3.63) is 39.8 Å². The number of H-pyrrole nitrogens is 1. The van der Waals surface area contributed by atoms with Gasteiger partial charge in [0.2, 0.25) is 0 Å². The number of aryl methyl sites for hydroxylation is 1. The number of rotatable bonds is 3. The largest absolute Gasteiger partial charge is 0.478 e. The van der Waals surface area contributed by atoms with Gasteiger partial charge in [0.15, 0.2) is 0 Å². The van der Waals surface area contributed by atoms with Crippen molar-refractivity contribution in [1.82, 2.24) is 9.97 Å². The lowest BCUT2D eigenvalue weighted by Crippen LogP contribution is -2.23. The van der Waals surface area contributed by atoms with Crippen molar-refractivity contribution in [1.29, 1.82) is 0 Å². The van der Waals surface area contributed by atoms with Crippen molar-refractivity contribution in [3.8, 4) is 11.3 Å². The Bertz CT molecular complexity index is 793. The number of nitrogens with zero attached hydrogens (tertiary/aromatic N) is 1. The van der Waals surface area contributed by atoms with Crippen molar-refractivity contribution in [3.63, 3.8) is 0 Å². The summed E-state index contributed by atoms with van der Waals surface area (Å²) in [7, 11) is 0. The predicted octanol–water partition coefficient (Wildman–Crippen LogP) is 2.52. The molecule has 0 aliphatic heterocycles. The van der Waals surface area contributed by atoms with Gasteiger partial charge < -0.3 is 15.8 Å². The van der Waals surface area contributed by atoms with Crippen molar-refractivity contribution in [2.45, 2.75) is 31.1 Å². The smallest absolute Gasteiger partial charge is 0.337 e. The Kier molecular flexibility index (Phi) is 2.86. The highest BCUT2D eigenvalue weighted by Crippen LogP contribution is 2.50. The fraction of sp³-hybridized carbons (Fsp3) is 0.375. The molecule has 1 fully saturated rings. The van der Waals surface area contributed by atoms with Crippen LogP contribution in [0.3, 0.4) is 0 Å². The second-order valence-corrected chi connectivity index (χ2v) is 6.57. The van der Waals surface area contributed by atoms with Gasteiger partial charge in [-0.1, -0.05) is 11.6 Å². The molecule has 2 aliphatic carbocycles. The molecule has 114 valence electrons. The van der Waals surface area contributed by atoms with E-state index in [1.807, 2.05) is 6.07 Å². The van der Waals surface area contributed by atoms with E-state index in [2.05, 4.69) is 9.97 Å². The number of fused-ring (bicyclic) bond motifs is 3. The molecule has 5 nitrogen and oxygen atoms in total. The molecule has 2 aliphatic rings. The van der Waals surface area contributed by atoms with Gasteiger partial charge >= 0.3 is 5.97 Å². The van der Waals surface area contributed by atoms with Gasteiger partial charge in [0.05, 0.1) is 11.3 Å². The number of hydrogen-bond acceptors (Lipinski definition) is 3. The molecule has 2 heterocycles. The zero-order valence-corrected chi connectivity index (χ0v) is 12.7. The first-order chi connectivity index (χ1) is 10.6. The Labute approximate surface area is 132 Å². The predicted molar refractivity (Wildman–Crippen MR) is 83.4 cm³/mol. The molecule has 0 bridgehead atoms. The summed E-state index contributed by atoms with van der Waals surface area (Å²) in [4.78, 5) is 19.3. The molecule has 0 aromatic carbocycles. The van der Waals surface area contributed by atoms with Gasteiger partial charge in [-0.25, -0.2) is 9.78 Å². The van der Waals surface area contributed by atoms with Gasteiger partial charge in [-0.05, 0) is 42.9 Å². The average Bonchev–Trinajstić information content (AvgIpc) is 3.19. The summed E-state index contributed by atoms with van der Waals surface area (Å²) < 4.78 is 0. The lowest BCUT2D eigenvalue weighted by Gasteiger charge is -2.16.